The molecule has 1 aliphatic heterocycles. The first kappa shape index (κ1) is 22.0. The van der Waals surface area contributed by atoms with Crippen LogP contribution < -0.4 is 5.32 Å². The third-order valence-corrected chi connectivity index (χ3v) is 6.63. The Kier molecular flexibility index (Phi) is 6.87. The van der Waals surface area contributed by atoms with E-state index in [1.165, 1.54) is 24.7 Å². The number of anilines is 1. The van der Waals surface area contributed by atoms with Crippen LogP contribution in [-0.4, -0.2) is 60.1 Å². The van der Waals surface area contributed by atoms with Crippen molar-refractivity contribution in [1.29, 1.82) is 0 Å². The fourth-order valence-corrected chi connectivity index (χ4v) is 4.95. The number of benzene rings is 1. The number of hydrogen-bond donors (Lipinski definition) is 1. The Morgan fingerprint density at radius 2 is 1.81 bits per heavy atom. The van der Waals surface area contributed by atoms with Crippen LogP contribution in [0.1, 0.15) is 31.4 Å². The van der Waals surface area contributed by atoms with Gasteiger partial charge in [0.2, 0.25) is 0 Å². The standard InChI is InChI=1S/C23H23N3O4S2/c1-29-22(28)18-15-17(14-16-6-3-2-4-7-16)32-20(18)24-23(31)26-11-9-25(10-12-26)21(27)19-8-5-13-30-19/h2-8,13,15H,9-12,14H2,1H3,(H,24,31). The van der Waals surface area contributed by atoms with Gasteiger partial charge in [-0.3, -0.25) is 4.79 Å². The van der Waals surface area contributed by atoms with Gasteiger partial charge in [-0.25, -0.2) is 4.79 Å². The van der Waals surface area contributed by atoms with Gasteiger partial charge in [0.25, 0.3) is 5.91 Å². The maximum atomic E-state index is 12.4. The van der Waals surface area contributed by atoms with Crippen molar-refractivity contribution in [1.82, 2.24) is 9.80 Å². The predicted molar refractivity (Wildman–Crippen MR) is 127 cm³/mol. The number of ether oxygens (including phenoxy) is 1. The zero-order valence-corrected chi connectivity index (χ0v) is 19.2. The van der Waals surface area contributed by atoms with Crippen LogP contribution in [0.3, 0.4) is 0 Å². The largest absolute Gasteiger partial charge is 0.465 e. The molecule has 166 valence electrons. The van der Waals surface area contributed by atoms with Crippen molar-refractivity contribution in [2.75, 3.05) is 38.6 Å². The first-order valence-corrected chi connectivity index (χ1v) is 11.4. The Labute approximate surface area is 195 Å². The number of hydrogen-bond acceptors (Lipinski definition) is 6. The zero-order chi connectivity index (χ0) is 22.5. The summed E-state index contributed by atoms with van der Waals surface area (Å²) in [6.07, 6.45) is 2.21. The van der Waals surface area contributed by atoms with E-state index < -0.39 is 5.97 Å². The Morgan fingerprint density at radius 3 is 2.47 bits per heavy atom. The molecule has 7 nitrogen and oxygen atoms in total. The molecule has 4 rings (SSSR count). The lowest BCUT2D eigenvalue weighted by Gasteiger charge is -2.35. The smallest absolute Gasteiger partial charge is 0.340 e. The SMILES string of the molecule is COC(=O)c1cc(Cc2ccccc2)sc1NC(=S)N1CCN(C(=O)c2ccco2)CC1. The molecule has 1 fully saturated rings. The van der Waals surface area contributed by atoms with E-state index in [9.17, 15) is 9.59 Å². The number of furan rings is 1. The molecule has 1 N–H and O–H groups in total. The highest BCUT2D eigenvalue weighted by Crippen LogP contribution is 2.31. The van der Waals surface area contributed by atoms with Gasteiger partial charge in [-0.2, -0.15) is 0 Å². The molecule has 32 heavy (non-hydrogen) atoms. The third-order valence-electron chi connectivity index (χ3n) is 5.22. The van der Waals surface area contributed by atoms with E-state index in [0.717, 1.165) is 16.9 Å². The average molecular weight is 470 g/mol. The second-order valence-corrected chi connectivity index (χ2v) is 8.82. The van der Waals surface area contributed by atoms with Gasteiger partial charge in [0.05, 0.1) is 18.9 Å². The fraction of sp³-hybridized carbons (Fsp3) is 0.261. The van der Waals surface area contributed by atoms with Crippen LogP contribution in [0.15, 0.2) is 59.2 Å². The van der Waals surface area contributed by atoms with E-state index in [-0.39, 0.29) is 5.91 Å². The highest BCUT2D eigenvalue weighted by Gasteiger charge is 2.26. The van der Waals surface area contributed by atoms with Crippen LogP contribution in [0.4, 0.5) is 5.00 Å². The van der Waals surface area contributed by atoms with Crippen LogP contribution in [0, 0.1) is 0 Å². The summed E-state index contributed by atoms with van der Waals surface area (Å²) in [5, 5.41) is 4.42. The second-order valence-electron chi connectivity index (χ2n) is 7.30. The molecule has 1 aliphatic rings. The summed E-state index contributed by atoms with van der Waals surface area (Å²) < 4.78 is 10.2. The normalized spacial score (nSPS) is 13.7. The molecule has 3 aromatic rings. The van der Waals surface area contributed by atoms with Crippen molar-refractivity contribution in [3.05, 3.63) is 76.6 Å². The van der Waals surface area contributed by atoms with Gasteiger partial charge in [0.15, 0.2) is 10.9 Å². The summed E-state index contributed by atoms with van der Waals surface area (Å²) in [6.45, 7) is 2.26. The van der Waals surface area contributed by atoms with Crippen molar-refractivity contribution in [2.45, 2.75) is 6.42 Å². The molecule has 0 spiro atoms. The van der Waals surface area contributed by atoms with Crippen molar-refractivity contribution >= 4 is 45.5 Å². The maximum absolute atomic E-state index is 12.4. The molecule has 1 amide bonds. The van der Waals surface area contributed by atoms with Gasteiger partial charge in [-0.1, -0.05) is 30.3 Å². The zero-order valence-electron chi connectivity index (χ0n) is 17.6. The van der Waals surface area contributed by atoms with Crippen LogP contribution in [0.25, 0.3) is 0 Å². The number of thiophene rings is 1. The molecule has 1 aromatic carbocycles. The van der Waals surface area contributed by atoms with Gasteiger partial charge in [-0.15, -0.1) is 11.3 Å². The summed E-state index contributed by atoms with van der Waals surface area (Å²) in [7, 11) is 1.37. The molecule has 0 unspecified atom stereocenters. The highest BCUT2D eigenvalue weighted by atomic mass is 32.1. The summed E-state index contributed by atoms with van der Waals surface area (Å²) in [5.41, 5.74) is 1.63. The van der Waals surface area contributed by atoms with E-state index in [0.29, 0.717) is 47.6 Å². The number of methoxy groups -OCH3 is 1. The summed E-state index contributed by atoms with van der Waals surface area (Å²) in [6, 6.07) is 15.3. The van der Waals surface area contributed by atoms with E-state index in [1.807, 2.05) is 29.2 Å². The van der Waals surface area contributed by atoms with Gasteiger partial charge in [0.1, 0.15) is 5.00 Å². The molecule has 0 radical (unpaired) electrons. The van der Waals surface area contributed by atoms with Gasteiger partial charge in [0, 0.05) is 37.5 Å². The quantitative estimate of drug-likeness (QED) is 0.449. The summed E-state index contributed by atoms with van der Waals surface area (Å²) in [4.78, 5) is 29.6. The highest BCUT2D eigenvalue weighted by molar-refractivity contribution is 7.80. The lowest BCUT2D eigenvalue weighted by atomic mass is 10.1. The molecule has 2 aromatic heterocycles. The predicted octanol–water partition coefficient (Wildman–Crippen LogP) is 3.87. The van der Waals surface area contributed by atoms with E-state index in [1.54, 1.807) is 17.0 Å². The first-order chi connectivity index (χ1) is 15.5. The Balaban J connectivity index is 1.41. The molecular formula is C23H23N3O4S2. The number of piperazine rings is 1. The maximum Gasteiger partial charge on any atom is 0.340 e. The Morgan fingerprint density at radius 1 is 1.09 bits per heavy atom. The molecular weight excluding hydrogens is 446 g/mol. The second kappa shape index (κ2) is 9.97. The lowest BCUT2D eigenvalue weighted by Crippen LogP contribution is -2.51. The minimum Gasteiger partial charge on any atom is -0.465 e. The van der Waals surface area contributed by atoms with Crippen molar-refractivity contribution in [3.8, 4) is 0 Å². The van der Waals surface area contributed by atoms with Crippen LogP contribution >= 0.6 is 23.6 Å². The van der Waals surface area contributed by atoms with E-state index in [4.69, 9.17) is 21.4 Å². The first-order valence-electron chi connectivity index (χ1n) is 10.2. The number of nitrogens with one attached hydrogen (secondary N) is 1. The topological polar surface area (TPSA) is 75.0 Å². The minimum absolute atomic E-state index is 0.120. The van der Waals surface area contributed by atoms with Crippen molar-refractivity contribution < 1.29 is 18.7 Å². The number of nitrogens with zero attached hydrogens (tertiary/aromatic N) is 2. The van der Waals surface area contributed by atoms with Gasteiger partial charge >= 0.3 is 5.97 Å². The molecule has 1 saturated heterocycles. The molecule has 9 heteroatoms. The molecule has 0 aliphatic carbocycles. The number of esters is 1. The Bertz CT molecular complexity index is 1090. The summed E-state index contributed by atoms with van der Waals surface area (Å²) >= 11 is 7.10. The van der Waals surface area contributed by atoms with E-state index >= 15 is 0 Å². The lowest BCUT2D eigenvalue weighted by molar-refractivity contribution is 0.0601. The van der Waals surface area contributed by atoms with Crippen molar-refractivity contribution in [2.24, 2.45) is 0 Å². The molecule has 3 heterocycles. The number of amides is 1. The number of thiocarbonyl (C=S) groups is 1. The number of rotatable bonds is 5. The van der Waals surface area contributed by atoms with Crippen molar-refractivity contribution in [3.63, 3.8) is 0 Å². The summed E-state index contributed by atoms with van der Waals surface area (Å²) in [5.74, 6) is -0.184. The number of carbonyl (C=O) groups excluding carboxylic acids is 2. The minimum atomic E-state index is -0.403. The Hall–Kier alpha value is -3.17. The van der Waals surface area contributed by atoms with Crippen LogP contribution in [0.5, 0.6) is 0 Å². The third kappa shape index (κ3) is 5.00. The van der Waals surface area contributed by atoms with Crippen LogP contribution in [0.2, 0.25) is 0 Å². The van der Waals surface area contributed by atoms with Gasteiger partial charge < -0.3 is 24.3 Å². The number of carbonyl (C=O) groups is 2. The van der Waals surface area contributed by atoms with Crippen LogP contribution in [-0.2, 0) is 11.2 Å². The molecule has 0 bridgehead atoms. The monoisotopic (exact) mass is 469 g/mol. The fourth-order valence-electron chi connectivity index (χ4n) is 3.53. The van der Waals surface area contributed by atoms with E-state index in [2.05, 4.69) is 17.4 Å². The molecule has 0 atom stereocenters. The van der Waals surface area contributed by atoms with Gasteiger partial charge in [-0.05, 0) is 36.0 Å². The molecule has 0 saturated carbocycles. The average Bonchev–Trinajstić information content (AvgIpc) is 3.49.